The molecule has 0 spiro atoms. The summed E-state index contributed by atoms with van der Waals surface area (Å²) >= 11 is 0. The van der Waals surface area contributed by atoms with Crippen molar-refractivity contribution in [1.29, 1.82) is 0 Å². The summed E-state index contributed by atoms with van der Waals surface area (Å²) in [5.74, 6) is 2.76. The number of rotatable bonds is 6. The molecule has 0 aliphatic heterocycles. The van der Waals surface area contributed by atoms with Gasteiger partial charge in [0.25, 0.3) is 5.82 Å². The van der Waals surface area contributed by atoms with E-state index in [2.05, 4.69) is 42.9 Å². The zero-order chi connectivity index (χ0) is 25.1. The topological polar surface area (TPSA) is 119 Å². The van der Waals surface area contributed by atoms with E-state index in [1.165, 1.54) is 25.7 Å². The van der Waals surface area contributed by atoms with Crippen LogP contribution < -0.4 is 0 Å². The van der Waals surface area contributed by atoms with Crippen LogP contribution >= 0.6 is 0 Å². The van der Waals surface area contributed by atoms with Crippen LogP contribution in [0.15, 0.2) is 0 Å². The summed E-state index contributed by atoms with van der Waals surface area (Å²) in [5.41, 5.74) is 0.480. The second-order valence-electron chi connectivity index (χ2n) is 13.0. The summed E-state index contributed by atoms with van der Waals surface area (Å²) < 4.78 is 0. The van der Waals surface area contributed by atoms with E-state index in [9.17, 15) is 15.0 Å². The zero-order valence-corrected chi connectivity index (χ0v) is 21.9. The minimum atomic E-state index is -1.09. The van der Waals surface area contributed by atoms with Crippen LogP contribution in [0.2, 0.25) is 0 Å². The van der Waals surface area contributed by atoms with E-state index in [4.69, 9.17) is 5.11 Å². The van der Waals surface area contributed by atoms with Gasteiger partial charge in [-0.15, -0.1) is 5.10 Å². The van der Waals surface area contributed by atoms with E-state index >= 15 is 0 Å². The number of nitrogens with one attached hydrogen (secondary N) is 1. The van der Waals surface area contributed by atoms with Gasteiger partial charge in [-0.1, -0.05) is 34.1 Å². The highest BCUT2D eigenvalue weighted by Crippen LogP contribution is 2.69. The zero-order valence-electron chi connectivity index (χ0n) is 21.9. The highest BCUT2D eigenvalue weighted by Gasteiger charge is 2.64. The molecule has 4 N–H and O–H groups in total. The molecular formula is C28H45N3O4. The molecule has 4 aliphatic rings. The lowest BCUT2D eigenvalue weighted by Crippen LogP contribution is -2.62. The molecule has 7 heteroatoms. The monoisotopic (exact) mass is 487 g/mol. The largest absolute Gasteiger partial charge is 0.475 e. The van der Waals surface area contributed by atoms with Crippen LogP contribution in [0.4, 0.5) is 0 Å². The van der Waals surface area contributed by atoms with Crippen molar-refractivity contribution in [1.82, 2.24) is 15.2 Å². The van der Waals surface area contributed by atoms with Gasteiger partial charge in [0.2, 0.25) is 0 Å². The van der Waals surface area contributed by atoms with Crippen molar-refractivity contribution >= 4 is 5.97 Å². The quantitative estimate of drug-likeness (QED) is 0.462. The van der Waals surface area contributed by atoms with E-state index < -0.39 is 5.97 Å². The Hall–Kier alpha value is -1.47. The van der Waals surface area contributed by atoms with Gasteiger partial charge >= 0.3 is 5.97 Å². The fourth-order valence-electron chi connectivity index (χ4n) is 10.0. The molecule has 5 unspecified atom stereocenters. The average Bonchev–Trinajstić information content (AvgIpc) is 3.43. The first-order chi connectivity index (χ1) is 16.6. The number of fused-ring (bicyclic) bond motifs is 5. The lowest BCUT2D eigenvalue weighted by Gasteiger charge is -2.64. The fourth-order valence-corrected chi connectivity index (χ4v) is 10.0. The number of hydrogen-bond donors (Lipinski definition) is 4. The second-order valence-corrected chi connectivity index (χ2v) is 13.0. The van der Waals surface area contributed by atoms with Gasteiger partial charge in [-0.05, 0) is 104 Å². The number of aromatic carboxylic acids is 1. The van der Waals surface area contributed by atoms with Gasteiger partial charge in [-0.3, -0.25) is 5.10 Å². The van der Waals surface area contributed by atoms with E-state index in [-0.39, 0.29) is 28.9 Å². The lowest BCUT2D eigenvalue weighted by molar-refractivity contribution is -0.203. The summed E-state index contributed by atoms with van der Waals surface area (Å²) in [6, 6.07) is 0. The number of aryl methyl sites for hydroxylation is 1. The molecular weight excluding hydrogens is 442 g/mol. The Kier molecular flexibility index (Phi) is 6.57. The van der Waals surface area contributed by atoms with Crippen LogP contribution in [-0.2, 0) is 6.42 Å². The van der Waals surface area contributed by atoms with Crippen molar-refractivity contribution in [3.8, 4) is 0 Å². The molecule has 4 aliphatic carbocycles. The summed E-state index contributed by atoms with van der Waals surface area (Å²) in [7, 11) is 0. The molecule has 5 rings (SSSR count). The number of carboxylic acids is 1. The normalized spacial score (nSPS) is 45.9. The predicted molar refractivity (Wildman–Crippen MR) is 133 cm³/mol. The van der Waals surface area contributed by atoms with E-state index in [1.54, 1.807) is 0 Å². The van der Waals surface area contributed by atoms with Gasteiger partial charge in [0.1, 0.15) is 5.82 Å². The molecule has 196 valence electrons. The minimum Gasteiger partial charge on any atom is -0.475 e. The number of aliphatic hydroxyl groups excluding tert-OH is 2. The van der Waals surface area contributed by atoms with Crippen molar-refractivity contribution in [2.75, 3.05) is 0 Å². The molecule has 35 heavy (non-hydrogen) atoms. The Morgan fingerprint density at radius 1 is 1.09 bits per heavy atom. The van der Waals surface area contributed by atoms with Crippen LogP contribution in [0, 0.1) is 52.3 Å². The van der Waals surface area contributed by atoms with Crippen molar-refractivity contribution in [2.45, 2.75) is 104 Å². The van der Waals surface area contributed by atoms with E-state index in [0.717, 1.165) is 32.1 Å². The fraction of sp³-hybridized carbons (Fsp3) is 0.893. The molecule has 0 aromatic carbocycles. The Balaban J connectivity index is 1.34. The third-order valence-corrected chi connectivity index (χ3v) is 11.7. The Morgan fingerprint density at radius 2 is 1.80 bits per heavy atom. The van der Waals surface area contributed by atoms with Gasteiger partial charge in [-0.2, -0.15) is 0 Å². The number of aliphatic hydroxyl groups is 2. The van der Waals surface area contributed by atoms with Crippen LogP contribution in [0.25, 0.3) is 0 Å². The molecule has 4 fully saturated rings. The van der Waals surface area contributed by atoms with Gasteiger partial charge < -0.3 is 15.3 Å². The number of carboxylic acid groups (broad SMARTS) is 1. The maximum atomic E-state index is 11.8. The van der Waals surface area contributed by atoms with E-state index in [1.807, 2.05) is 0 Å². The summed E-state index contributed by atoms with van der Waals surface area (Å²) in [5, 5.41) is 38.0. The smallest absolute Gasteiger partial charge is 0.375 e. The molecule has 0 bridgehead atoms. The molecule has 0 radical (unpaired) electrons. The number of aromatic nitrogens is 3. The SMILES string of the molecule is CC[C@H]1C(O)C2C3CCC([C@H](C)CCc4nc(C(=O)O)n[nH]4)[C@@]3(C)CCC2[C@@]2(C)CC[C@@H](O)C[C@@H]12. The van der Waals surface area contributed by atoms with Crippen molar-refractivity contribution in [3.63, 3.8) is 0 Å². The number of H-pyrrole nitrogens is 1. The first kappa shape index (κ1) is 25.2. The van der Waals surface area contributed by atoms with Gasteiger partial charge in [-0.25, -0.2) is 9.78 Å². The molecule has 0 amide bonds. The van der Waals surface area contributed by atoms with Crippen LogP contribution in [-0.4, -0.2) is 48.7 Å². The molecule has 1 aromatic heterocycles. The number of nitrogens with zero attached hydrogens (tertiary/aromatic N) is 2. The summed E-state index contributed by atoms with van der Waals surface area (Å²) in [4.78, 5) is 15.2. The summed E-state index contributed by atoms with van der Waals surface area (Å²) in [6.45, 7) is 9.59. The highest BCUT2D eigenvalue weighted by molar-refractivity contribution is 5.82. The molecule has 7 nitrogen and oxygen atoms in total. The van der Waals surface area contributed by atoms with Gasteiger partial charge in [0, 0.05) is 6.42 Å². The first-order valence-electron chi connectivity index (χ1n) is 14.1. The second kappa shape index (κ2) is 9.13. The predicted octanol–water partition coefficient (Wildman–Crippen LogP) is 4.70. The average molecular weight is 488 g/mol. The third-order valence-electron chi connectivity index (χ3n) is 11.7. The van der Waals surface area contributed by atoms with E-state index in [0.29, 0.717) is 53.7 Å². The lowest BCUT2D eigenvalue weighted by atomic mass is 9.41. The molecule has 1 heterocycles. The molecule has 4 saturated carbocycles. The number of carbonyl (C=O) groups is 1. The third kappa shape index (κ3) is 3.96. The molecule has 11 atom stereocenters. The highest BCUT2D eigenvalue weighted by atomic mass is 16.4. The number of aromatic amines is 1. The maximum Gasteiger partial charge on any atom is 0.375 e. The van der Waals surface area contributed by atoms with Crippen molar-refractivity contribution < 1.29 is 20.1 Å². The number of hydrogen-bond acceptors (Lipinski definition) is 5. The van der Waals surface area contributed by atoms with Crippen molar-refractivity contribution in [2.24, 2.45) is 52.3 Å². The molecule has 1 aromatic rings. The first-order valence-corrected chi connectivity index (χ1v) is 14.1. The Labute approximate surface area is 209 Å². The Bertz CT molecular complexity index is 935. The minimum absolute atomic E-state index is 0.155. The Morgan fingerprint density at radius 3 is 2.49 bits per heavy atom. The van der Waals surface area contributed by atoms with Crippen LogP contribution in [0.1, 0.15) is 102 Å². The van der Waals surface area contributed by atoms with Crippen molar-refractivity contribution in [3.05, 3.63) is 11.6 Å². The standard InChI is InChI=1S/C28H45N3O4/c1-5-17-21-14-16(32)10-12-28(21,4)20-11-13-27(3)18(7-8-19(27)23(20)24(17)33)15(2)6-9-22-29-25(26(34)35)31-30-22/h15-21,23-24,32-33H,5-14H2,1-4H3,(H,34,35)(H,29,30,31)/t15-,16-,17-,18?,19?,20?,21+,23?,24?,27-,28-/m1/s1. The van der Waals surface area contributed by atoms with Gasteiger partial charge in [0.15, 0.2) is 0 Å². The summed E-state index contributed by atoms with van der Waals surface area (Å²) in [6.07, 6.45) is 9.94. The van der Waals surface area contributed by atoms with Gasteiger partial charge in [0.05, 0.1) is 12.2 Å². The van der Waals surface area contributed by atoms with Crippen LogP contribution in [0.5, 0.6) is 0 Å². The van der Waals surface area contributed by atoms with Crippen LogP contribution in [0.3, 0.4) is 0 Å². The maximum absolute atomic E-state index is 11.8. The molecule has 0 saturated heterocycles.